The van der Waals surface area contributed by atoms with Crippen LogP contribution < -0.4 is 10.2 Å². The van der Waals surface area contributed by atoms with Gasteiger partial charge in [-0.1, -0.05) is 102 Å². The molecule has 1 heterocycles. The minimum Gasteiger partial charge on any atom is -0.352 e. The average Bonchev–Trinajstić information content (AvgIpc) is 3.28. The van der Waals surface area contributed by atoms with Gasteiger partial charge in [0.05, 0.1) is 5.69 Å². The smallest absolute Gasteiger partial charge is 0.259 e. The molecule has 0 aromatic heterocycles. The summed E-state index contributed by atoms with van der Waals surface area (Å²) in [7, 11) is 0. The maximum atomic E-state index is 14.4. The molecule has 2 aliphatic rings. The highest BCUT2D eigenvalue weighted by atomic mass is 79.9. The van der Waals surface area contributed by atoms with Gasteiger partial charge in [-0.05, 0) is 53.6 Å². The van der Waals surface area contributed by atoms with Crippen LogP contribution in [0.3, 0.4) is 0 Å². The van der Waals surface area contributed by atoms with Crippen LogP contribution in [0.1, 0.15) is 53.6 Å². The Bertz CT molecular complexity index is 1590. The molecule has 1 fully saturated rings. The molecule has 1 aliphatic carbocycles. The second kappa shape index (κ2) is 12.5. The summed E-state index contributed by atoms with van der Waals surface area (Å²) in [6.07, 6.45) is 5.67. The van der Waals surface area contributed by atoms with E-state index in [9.17, 15) is 14.4 Å². The van der Waals surface area contributed by atoms with Crippen molar-refractivity contribution in [3.05, 3.63) is 112 Å². The summed E-state index contributed by atoms with van der Waals surface area (Å²) in [5, 5.41) is 5.12. The zero-order chi connectivity index (χ0) is 29.1. The Hall–Kier alpha value is -3.97. The van der Waals surface area contributed by atoms with Crippen LogP contribution in [0.2, 0.25) is 0 Å². The summed E-state index contributed by atoms with van der Waals surface area (Å²) < 4.78 is 0.938. The third-order valence-electron chi connectivity index (χ3n) is 8.43. The van der Waals surface area contributed by atoms with Gasteiger partial charge < -0.3 is 10.2 Å². The van der Waals surface area contributed by atoms with Gasteiger partial charge in [-0.2, -0.15) is 0 Å². The largest absolute Gasteiger partial charge is 0.352 e. The molecule has 6 rings (SSSR count). The van der Waals surface area contributed by atoms with Crippen LogP contribution in [0.15, 0.2) is 95.5 Å². The van der Waals surface area contributed by atoms with Crippen LogP contribution >= 0.6 is 15.9 Å². The Labute approximate surface area is 254 Å². The molecular weight excluding hydrogens is 590 g/mol. The van der Waals surface area contributed by atoms with Gasteiger partial charge in [-0.15, -0.1) is 0 Å². The summed E-state index contributed by atoms with van der Waals surface area (Å²) in [6.45, 7) is 0.103. The lowest BCUT2D eigenvalue weighted by molar-refractivity contribution is -0.140. The maximum Gasteiger partial charge on any atom is 0.259 e. The van der Waals surface area contributed by atoms with Crippen LogP contribution in [0.5, 0.6) is 0 Å². The molecule has 0 spiro atoms. The van der Waals surface area contributed by atoms with Crippen LogP contribution in [-0.2, 0) is 22.6 Å². The van der Waals surface area contributed by atoms with Gasteiger partial charge >= 0.3 is 0 Å². The first-order chi connectivity index (χ1) is 20.5. The van der Waals surface area contributed by atoms with E-state index in [1.54, 1.807) is 9.80 Å². The number of carbonyl (C=O) groups excluding carboxylic acids is 3. The lowest BCUT2D eigenvalue weighted by Crippen LogP contribution is -2.54. The quantitative estimate of drug-likeness (QED) is 0.227. The van der Waals surface area contributed by atoms with Crippen LogP contribution in [0.4, 0.5) is 5.69 Å². The van der Waals surface area contributed by atoms with Crippen molar-refractivity contribution >= 4 is 50.1 Å². The Morgan fingerprint density at radius 2 is 1.57 bits per heavy atom. The van der Waals surface area contributed by atoms with Gasteiger partial charge in [0.15, 0.2) is 0 Å². The Morgan fingerprint density at radius 3 is 2.31 bits per heavy atom. The molecule has 1 atom stereocenters. The zero-order valence-corrected chi connectivity index (χ0v) is 25.1. The lowest BCUT2D eigenvalue weighted by atomic mass is 9.94. The number of carbonyl (C=O) groups is 3. The fraction of sp³-hybridized carbons (Fsp3) is 0.286. The van der Waals surface area contributed by atoms with E-state index in [-0.39, 0.29) is 36.9 Å². The van der Waals surface area contributed by atoms with E-state index in [1.807, 2.05) is 91.0 Å². The first-order valence-electron chi connectivity index (χ1n) is 14.7. The van der Waals surface area contributed by atoms with Crippen molar-refractivity contribution < 1.29 is 14.4 Å². The SMILES string of the molecule is O=C(NC1CCCCC1)[C@H](Cc1ccccc1)N(Cc1ccc(Br)cc1)C(=O)CN1C(=O)c2cccc3cccc1c23. The van der Waals surface area contributed by atoms with Crippen molar-refractivity contribution in [3.8, 4) is 0 Å². The second-order valence-corrected chi connectivity index (χ2v) is 12.2. The molecule has 42 heavy (non-hydrogen) atoms. The number of amides is 3. The summed E-state index contributed by atoms with van der Waals surface area (Å²) in [4.78, 5) is 45.2. The monoisotopic (exact) mass is 623 g/mol. The Balaban J connectivity index is 1.34. The number of nitrogens with one attached hydrogen (secondary N) is 1. The molecule has 6 nitrogen and oxygen atoms in total. The van der Waals surface area contributed by atoms with Gasteiger partial charge in [0.2, 0.25) is 11.8 Å². The molecule has 0 radical (unpaired) electrons. The summed E-state index contributed by atoms with van der Waals surface area (Å²) in [5.41, 5.74) is 3.22. The third kappa shape index (κ3) is 5.97. The van der Waals surface area contributed by atoms with Gasteiger partial charge in [0.25, 0.3) is 5.91 Å². The molecule has 3 amide bonds. The first-order valence-corrected chi connectivity index (χ1v) is 15.5. The van der Waals surface area contributed by atoms with E-state index in [2.05, 4.69) is 21.2 Å². The Kier molecular flexibility index (Phi) is 8.38. The third-order valence-corrected chi connectivity index (χ3v) is 8.96. The standard InChI is InChI=1S/C35H34BrN3O3/c36-27-19-17-25(18-20-27)22-38(31(21-24-9-3-1-4-10-24)34(41)37-28-13-5-2-6-14-28)32(40)23-39-30-16-8-12-26-11-7-15-29(33(26)30)35(39)42/h1,3-4,7-12,15-20,28,31H,2,5-6,13-14,21-23H2,(H,37,41)/t31-/m0/s1. The molecule has 0 saturated heterocycles. The first kappa shape index (κ1) is 28.2. The molecule has 1 aliphatic heterocycles. The van der Waals surface area contributed by atoms with Crippen molar-refractivity contribution in [1.29, 1.82) is 0 Å². The number of halogens is 1. The molecule has 1 N–H and O–H groups in total. The highest BCUT2D eigenvalue weighted by Crippen LogP contribution is 2.37. The molecule has 0 unspecified atom stereocenters. The molecule has 4 aromatic carbocycles. The number of hydrogen-bond acceptors (Lipinski definition) is 3. The normalized spacial score (nSPS) is 15.5. The number of anilines is 1. The predicted octanol–water partition coefficient (Wildman–Crippen LogP) is 6.65. The highest BCUT2D eigenvalue weighted by Gasteiger charge is 2.36. The van der Waals surface area contributed by atoms with Crippen molar-refractivity contribution in [2.45, 2.75) is 57.2 Å². The molecule has 214 valence electrons. The van der Waals surface area contributed by atoms with Gasteiger partial charge in [-0.3, -0.25) is 19.3 Å². The van der Waals surface area contributed by atoms with Crippen molar-refractivity contribution in [2.75, 3.05) is 11.4 Å². The summed E-state index contributed by atoms with van der Waals surface area (Å²) >= 11 is 3.50. The van der Waals surface area contributed by atoms with E-state index in [4.69, 9.17) is 0 Å². The van der Waals surface area contributed by atoms with E-state index in [0.717, 1.165) is 57.7 Å². The van der Waals surface area contributed by atoms with Crippen molar-refractivity contribution in [3.63, 3.8) is 0 Å². The molecule has 7 heteroatoms. The fourth-order valence-electron chi connectivity index (χ4n) is 6.25. The minimum atomic E-state index is -0.735. The van der Waals surface area contributed by atoms with Crippen molar-refractivity contribution in [1.82, 2.24) is 10.2 Å². The molecule has 1 saturated carbocycles. The van der Waals surface area contributed by atoms with Crippen LogP contribution in [-0.4, -0.2) is 41.2 Å². The topological polar surface area (TPSA) is 69.7 Å². The summed E-state index contributed by atoms with van der Waals surface area (Å²) in [6, 6.07) is 28.4. The second-order valence-electron chi connectivity index (χ2n) is 11.3. The average molecular weight is 625 g/mol. The number of rotatable bonds is 9. The van der Waals surface area contributed by atoms with Crippen LogP contribution in [0, 0.1) is 0 Å². The number of nitrogens with zero attached hydrogens (tertiary/aromatic N) is 2. The zero-order valence-electron chi connectivity index (χ0n) is 23.5. The van der Waals surface area contributed by atoms with Crippen molar-refractivity contribution in [2.24, 2.45) is 0 Å². The van der Waals surface area contributed by atoms with E-state index in [0.29, 0.717) is 12.0 Å². The Morgan fingerprint density at radius 1 is 0.857 bits per heavy atom. The maximum absolute atomic E-state index is 14.4. The van der Waals surface area contributed by atoms with Crippen LogP contribution in [0.25, 0.3) is 10.8 Å². The molecule has 0 bridgehead atoms. The molecule has 4 aromatic rings. The highest BCUT2D eigenvalue weighted by molar-refractivity contribution is 9.10. The summed E-state index contributed by atoms with van der Waals surface area (Å²) in [5.74, 6) is -0.602. The van der Waals surface area contributed by atoms with E-state index in [1.165, 1.54) is 6.42 Å². The van der Waals surface area contributed by atoms with Gasteiger partial charge in [0, 0.05) is 34.4 Å². The van der Waals surface area contributed by atoms with E-state index >= 15 is 0 Å². The lowest BCUT2D eigenvalue weighted by Gasteiger charge is -2.34. The minimum absolute atomic E-state index is 0.112. The van der Waals surface area contributed by atoms with E-state index < -0.39 is 6.04 Å². The van der Waals surface area contributed by atoms with Gasteiger partial charge in [-0.25, -0.2) is 0 Å². The fourth-order valence-corrected chi connectivity index (χ4v) is 6.51. The molecular formula is C35H34BrN3O3. The van der Waals surface area contributed by atoms with Gasteiger partial charge in [0.1, 0.15) is 12.6 Å². The number of benzene rings is 4. The predicted molar refractivity (Wildman–Crippen MR) is 169 cm³/mol. The number of hydrogen-bond donors (Lipinski definition) is 1.